The molecule has 0 aromatic heterocycles. The van der Waals surface area contributed by atoms with Crippen LogP contribution in [0.5, 0.6) is 0 Å². The summed E-state index contributed by atoms with van der Waals surface area (Å²) in [5, 5.41) is 5.27. The molecule has 1 atom stereocenters. The highest BCUT2D eigenvalue weighted by Crippen LogP contribution is 1.86. The van der Waals surface area contributed by atoms with Crippen molar-refractivity contribution in [3.63, 3.8) is 0 Å². The number of hydrogen-bond donors (Lipinski definition) is 2. The minimum Gasteiger partial charge on any atom is -0.352 e. The largest absolute Gasteiger partial charge is 0.352 e. The number of carbonyl (C=O) groups is 2. The van der Waals surface area contributed by atoms with E-state index in [0.717, 1.165) is 6.42 Å². The standard InChI is InChI=1S/C9H18N2O2.3C2H6/c1-4-7(3)11-9(13)6-10-8(12)5-2;3*1-2/h7H,4-6H2,1-3H3,(H,10,12)(H,11,13);3*1-2H3. The first-order chi connectivity index (χ1) is 9.10. The molecule has 0 aliphatic rings. The van der Waals surface area contributed by atoms with Crippen molar-refractivity contribution in [3.05, 3.63) is 0 Å². The molecule has 0 aliphatic carbocycles. The van der Waals surface area contributed by atoms with Gasteiger partial charge in [-0.1, -0.05) is 55.4 Å². The van der Waals surface area contributed by atoms with Gasteiger partial charge < -0.3 is 10.6 Å². The van der Waals surface area contributed by atoms with Crippen molar-refractivity contribution in [1.29, 1.82) is 0 Å². The van der Waals surface area contributed by atoms with E-state index >= 15 is 0 Å². The zero-order valence-electron chi connectivity index (χ0n) is 14.5. The van der Waals surface area contributed by atoms with Crippen LogP contribution < -0.4 is 10.6 Å². The van der Waals surface area contributed by atoms with Crippen molar-refractivity contribution in [1.82, 2.24) is 10.6 Å². The van der Waals surface area contributed by atoms with Crippen LogP contribution in [0.3, 0.4) is 0 Å². The maximum Gasteiger partial charge on any atom is 0.239 e. The normalized spacial score (nSPS) is 9.11. The molecule has 0 rings (SSSR count). The van der Waals surface area contributed by atoms with Crippen molar-refractivity contribution in [2.75, 3.05) is 6.54 Å². The number of nitrogens with one attached hydrogen (secondary N) is 2. The van der Waals surface area contributed by atoms with E-state index in [9.17, 15) is 9.59 Å². The Bertz CT molecular complexity index is 183. The van der Waals surface area contributed by atoms with E-state index in [-0.39, 0.29) is 24.4 Å². The summed E-state index contributed by atoms with van der Waals surface area (Å²) in [5.41, 5.74) is 0. The van der Waals surface area contributed by atoms with Crippen molar-refractivity contribution in [3.8, 4) is 0 Å². The first-order valence-electron chi connectivity index (χ1n) is 7.66. The molecule has 0 heterocycles. The van der Waals surface area contributed by atoms with Gasteiger partial charge in [-0.15, -0.1) is 0 Å². The van der Waals surface area contributed by atoms with Crippen LogP contribution in [0.2, 0.25) is 0 Å². The average Bonchev–Trinajstić information content (AvgIpc) is 2.50. The molecule has 0 saturated heterocycles. The fourth-order valence-corrected chi connectivity index (χ4v) is 0.732. The Balaban J connectivity index is -0.000000163. The van der Waals surface area contributed by atoms with Crippen molar-refractivity contribution in [2.45, 2.75) is 81.2 Å². The second-order valence-corrected chi connectivity index (χ2v) is 3.01. The third-order valence-corrected chi connectivity index (χ3v) is 1.79. The monoisotopic (exact) mass is 276 g/mol. The zero-order valence-corrected chi connectivity index (χ0v) is 14.5. The molecule has 2 amide bonds. The van der Waals surface area contributed by atoms with Crippen LogP contribution in [0.1, 0.15) is 75.2 Å². The van der Waals surface area contributed by atoms with Gasteiger partial charge in [-0.3, -0.25) is 9.59 Å². The predicted molar refractivity (Wildman–Crippen MR) is 85.2 cm³/mol. The first kappa shape index (κ1) is 26.5. The van der Waals surface area contributed by atoms with Gasteiger partial charge in [0.05, 0.1) is 6.54 Å². The van der Waals surface area contributed by atoms with Gasteiger partial charge in [-0.05, 0) is 13.3 Å². The molecule has 4 heteroatoms. The van der Waals surface area contributed by atoms with Gasteiger partial charge >= 0.3 is 0 Å². The van der Waals surface area contributed by atoms with Crippen LogP contribution in [0.25, 0.3) is 0 Å². The maximum absolute atomic E-state index is 11.1. The van der Waals surface area contributed by atoms with Crippen LogP contribution in [0.4, 0.5) is 0 Å². The second-order valence-electron chi connectivity index (χ2n) is 3.01. The van der Waals surface area contributed by atoms with Gasteiger partial charge in [-0.2, -0.15) is 0 Å². The molecular formula is C15H36N2O2. The Labute approximate surface area is 120 Å². The smallest absolute Gasteiger partial charge is 0.239 e. The molecule has 0 bridgehead atoms. The van der Waals surface area contributed by atoms with Crippen LogP contribution in [-0.2, 0) is 9.59 Å². The quantitative estimate of drug-likeness (QED) is 0.807. The molecule has 0 aromatic carbocycles. The molecule has 4 nitrogen and oxygen atoms in total. The third kappa shape index (κ3) is 26.5. The molecule has 0 fully saturated rings. The lowest BCUT2D eigenvalue weighted by Gasteiger charge is -2.11. The van der Waals surface area contributed by atoms with Crippen LogP contribution in [0, 0.1) is 0 Å². The lowest BCUT2D eigenvalue weighted by Crippen LogP contribution is -2.40. The third-order valence-electron chi connectivity index (χ3n) is 1.79. The van der Waals surface area contributed by atoms with Crippen LogP contribution >= 0.6 is 0 Å². The van der Waals surface area contributed by atoms with Gasteiger partial charge in [0.1, 0.15) is 0 Å². The van der Waals surface area contributed by atoms with Crippen molar-refractivity contribution >= 4 is 11.8 Å². The highest BCUT2D eigenvalue weighted by Gasteiger charge is 2.05. The molecule has 118 valence electrons. The Morgan fingerprint density at radius 3 is 1.63 bits per heavy atom. The SMILES string of the molecule is CC.CC.CC.CCC(=O)NCC(=O)NC(C)CC. The van der Waals surface area contributed by atoms with Crippen molar-refractivity contribution in [2.24, 2.45) is 0 Å². The van der Waals surface area contributed by atoms with Gasteiger partial charge in [0.2, 0.25) is 11.8 Å². The number of rotatable bonds is 5. The molecule has 0 saturated carbocycles. The zero-order chi connectivity index (χ0) is 16.3. The van der Waals surface area contributed by atoms with E-state index in [2.05, 4.69) is 10.6 Å². The summed E-state index contributed by atoms with van der Waals surface area (Å²) in [7, 11) is 0. The Hall–Kier alpha value is -1.06. The fraction of sp³-hybridized carbons (Fsp3) is 0.867. The summed E-state index contributed by atoms with van der Waals surface area (Å²) in [6.07, 6.45) is 1.31. The predicted octanol–water partition coefficient (Wildman–Crippen LogP) is 3.51. The van der Waals surface area contributed by atoms with Gasteiger partial charge in [0.15, 0.2) is 0 Å². The Morgan fingerprint density at radius 1 is 0.895 bits per heavy atom. The molecular weight excluding hydrogens is 240 g/mol. The maximum atomic E-state index is 11.1. The highest BCUT2D eigenvalue weighted by molar-refractivity contribution is 5.84. The number of hydrogen-bond acceptors (Lipinski definition) is 2. The fourth-order valence-electron chi connectivity index (χ4n) is 0.732. The minimum absolute atomic E-state index is 0.0804. The van der Waals surface area contributed by atoms with Gasteiger partial charge in [-0.25, -0.2) is 0 Å². The second kappa shape index (κ2) is 25.7. The van der Waals surface area contributed by atoms with Gasteiger partial charge in [0, 0.05) is 12.5 Å². The summed E-state index contributed by atoms with van der Waals surface area (Å²) >= 11 is 0. The summed E-state index contributed by atoms with van der Waals surface area (Å²) in [6, 6.07) is 0.172. The lowest BCUT2D eigenvalue weighted by atomic mass is 10.2. The molecule has 0 radical (unpaired) electrons. The Morgan fingerprint density at radius 2 is 1.32 bits per heavy atom. The van der Waals surface area contributed by atoms with E-state index < -0.39 is 0 Å². The van der Waals surface area contributed by atoms with E-state index in [1.165, 1.54) is 0 Å². The number of carbonyl (C=O) groups excluding carboxylic acids is 2. The van der Waals surface area contributed by atoms with E-state index in [0.29, 0.717) is 6.42 Å². The average molecular weight is 276 g/mol. The summed E-state index contributed by atoms with van der Waals surface area (Å²) < 4.78 is 0. The van der Waals surface area contributed by atoms with Gasteiger partial charge in [0.25, 0.3) is 0 Å². The van der Waals surface area contributed by atoms with E-state index in [1.54, 1.807) is 6.92 Å². The summed E-state index contributed by atoms with van der Waals surface area (Å²) in [5.74, 6) is -0.226. The van der Waals surface area contributed by atoms with E-state index in [1.807, 2.05) is 55.4 Å². The minimum atomic E-state index is -0.129. The van der Waals surface area contributed by atoms with Crippen LogP contribution in [-0.4, -0.2) is 24.4 Å². The molecule has 2 N–H and O–H groups in total. The Kier molecular flexibility index (Phi) is 35.8. The van der Waals surface area contributed by atoms with Crippen LogP contribution in [0.15, 0.2) is 0 Å². The number of amides is 2. The molecule has 0 aromatic rings. The highest BCUT2D eigenvalue weighted by atomic mass is 16.2. The topological polar surface area (TPSA) is 58.2 Å². The first-order valence-corrected chi connectivity index (χ1v) is 7.66. The van der Waals surface area contributed by atoms with Crippen molar-refractivity contribution < 1.29 is 9.59 Å². The molecule has 1 unspecified atom stereocenters. The lowest BCUT2D eigenvalue weighted by molar-refractivity contribution is -0.126. The molecule has 19 heavy (non-hydrogen) atoms. The van der Waals surface area contributed by atoms with E-state index in [4.69, 9.17) is 0 Å². The molecule has 0 spiro atoms. The molecule has 0 aliphatic heterocycles. The summed E-state index contributed by atoms with van der Waals surface area (Å²) in [4.78, 5) is 21.9. The summed E-state index contributed by atoms with van der Waals surface area (Å²) in [6.45, 7) is 17.8.